The van der Waals surface area contributed by atoms with Crippen molar-refractivity contribution in [2.24, 2.45) is 5.73 Å². The Kier molecular flexibility index (Phi) is 2.69. The largest absolute Gasteiger partial charge is 0.336 e. The van der Waals surface area contributed by atoms with Crippen LogP contribution in [0, 0.1) is 0 Å². The van der Waals surface area contributed by atoms with Gasteiger partial charge in [-0.1, -0.05) is 0 Å². The molecule has 2 N–H and O–H groups in total. The van der Waals surface area contributed by atoms with Gasteiger partial charge in [-0.15, -0.1) is 0 Å². The molecule has 0 radical (unpaired) electrons. The average molecular weight is 220 g/mol. The number of hydrogen-bond donors (Lipinski definition) is 1. The van der Waals surface area contributed by atoms with Crippen LogP contribution in [0.2, 0.25) is 0 Å². The maximum absolute atomic E-state index is 6.07. The van der Waals surface area contributed by atoms with Gasteiger partial charge in [-0.25, -0.2) is 4.98 Å². The van der Waals surface area contributed by atoms with E-state index in [9.17, 15) is 0 Å². The summed E-state index contributed by atoms with van der Waals surface area (Å²) in [4.78, 5) is 6.75. The van der Waals surface area contributed by atoms with Gasteiger partial charge in [-0.05, 0) is 25.7 Å². The first kappa shape index (κ1) is 10.3. The molecule has 0 amide bonds. The molecule has 3 heterocycles. The fourth-order valence-corrected chi connectivity index (χ4v) is 3.33. The van der Waals surface area contributed by atoms with Crippen LogP contribution in [0.3, 0.4) is 0 Å². The van der Waals surface area contributed by atoms with Gasteiger partial charge >= 0.3 is 0 Å². The normalized spacial score (nSPS) is 34.4. The number of aromatic nitrogens is 2. The molecule has 88 valence electrons. The van der Waals surface area contributed by atoms with Gasteiger partial charge in [0.05, 0.1) is 6.33 Å². The predicted molar refractivity (Wildman–Crippen MR) is 63.0 cm³/mol. The first-order valence-corrected chi connectivity index (χ1v) is 6.30. The number of nitrogens with two attached hydrogens (primary N) is 1. The SMILES string of the molecule is NC1CC2CCC(C1)N2CCn1ccnc1. The first-order valence-electron chi connectivity index (χ1n) is 6.30. The lowest BCUT2D eigenvalue weighted by molar-refractivity contribution is 0.123. The summed E-state index contributed by atoms with van der Waals surface area (Å²) >= 11 is 0. The Hall–Kier alpha value is -0.870. The average Bonchev–Trinajstić information content (AvgIpc) is 2.83. The fraction of sp³-hybridized carbons (Fsp3) is 0.750. The lowest BCUT2D eigenvalue weighted by Gasteiger charge is -2.37. The van der Waals surface area contributed by atoms with Crippen LogP contribution < -0.4 is 5.73 Å². The fourth-order valence-electron chi connectivity index (χ4n) is 3.33. The number of hydrogen-bond acceptors (Lipinski definition) is 3. The first-order chi connectivity index (χ1) is 7.83. The zero-order valence-electron chi connectivity index (χ0n) is 9.63. The highest BCUT2D eigenvalue weighted by molar-refractivity contribution is 4.96. The third kappa shape index (κ3) is 1.87. The quantitative estimate of drug-likeness (QED) is 0.821. The van der Waals surface area contributed by atoms with Crippen molar-refractivity contribution in [3.63, 3.8) is 0 Å². The zero-order valence-corrected chi connectivity index (χ0v) is 9.63. The summed E-state index contributed by atoms with van der Waals surface area (Å²) in [6.07, 6.45) is 10.9. The standard InChI is InChI=1S/C12H20N4/c13-10-7-11-1-2-12(8-10)16(11)6-5-15-4-3-14-9-15/h3-4,9-12H,1-2,5-8,13H2. The van der Waals surface area contributed by atoms with Gasteiger partial charge in [-0.3, -0.25) is 4.90 Å². The topological polar surface area (TPSA) is 47.1 Å². The maximum Gasteiger partial charge on any atom is 0.0946 e. The van der Waals surface area contributed by atoms with Gasteiger partial charge < -0.3 is 10.3 Å². The van der Waals surface area contributed by atoms with Crippen molar-refractivity contribution in [3.8, 4) is 0 Å². The monoisotopic (exact) mass is 220 g/mol. The molecule has 2 aliphatic heterocycles. The molecule has 16 heavy (non-hydrogen) atoms. The van der Waals surface area contributed by atoms with E-state index in [1.54, 1.807) is 0 Å². The van der Waals surface area contributed by atoms with Crippen LogP contribution >= 0.6 is 0 Å². The van der Waals surface area contributed by atoms with Crippen LogP contribution in [0.1, 0.15) is 25.7 Å². The maximum atomic E-state index is 6.07. The summed E-state index contributed by atoms with van der Waals surface area (Å²) in [5.74, 6) is 0. The van der Waals surface area contributed by atoms with Crippen LogP contribution in [0.25, 0.3) is 0 Å². The second-order valence-corrected chi connectivity index (χ2v) is 5.15. The lowest BCUT2D eigenvalue weighted by Crippen LogP contribution is -2.48. The Morgan fingerprint density at radius 3 is 2.56 bits per heavy atom. The molecule has 3 rings (SSSR count). The van der Waals surface area contributed by atoms with Crippen molar-refractivity contribution in [3.05, 3.63) is 18.7 Å². The molecular formula is C12H20N4. The van der Waals surface area contributed by atoms with E-state index in [1.165, 1.54) is 25.7 Å². The zero-order chi connectivity index (χ0) is 11.0. The van der Waals surface area contributed by atoms with E-state index in [1.807, 2.05) is 18.7 Å². The molecule has 2 bridgehead atoms. The van der Waals surface area contributed by atoms with Crippen LogP contribution in [0.15, 0.2) is 18.7 Å². The van der Waals surface area contributed by atoms with Gasteiger partial charge in [0.1, 0.15) is 0 Å². The molecule has 0 saturated carbocycles. The lowest BCUT2D eigenvalue weighted by atomic mass is 9.98. The molecule has 1 aromatic heterocycles. The Balaban J connectivity index is 1.59. The molecule has 2 saturated heterocycles. The summed E-state index contributed by atoms with van der Waals surface area (Å²) in [6, 6.07) is 1.94. The third-order valence-corrected chi connectivity index (χ3v) is 4.10. The smallest absolute Gasteiger partial charge is 0.0946 e. The van der Waals surface area contributed by atoms with E-state index in [0.717, 1.165) is 25.2 Å². The van der Waals surface area contributed by atoms with Gasteiger partial charge in [0, 0.05) is 43.6 Å². The molecule has 0 aromatic carbocycles. The molecule has 0 aliphatic carbocycles. The van der Waals surface area contributed by atoms with Crippen LogP contribution in [-0.4, -0.2) is 39.1 Å². The molecular weight excluding hydrogens is 200 g/mol. The summed E-state index contributed by atoms with van der Waals surface area (Å²) in [5, 5.41) is 0. The number of nitrogens with zero attached hydrogens (tertiary/aromatic N) is 3. The molecule has 4 nitrogen and oxygen atoms in total. The summed E-state index contributed by atoms with van der Waals surface area (Å²) in [6.45, 7) is 2.21. The molecule has 2 fully saturated rings. The van der Waals surface area contributed by atoms with Gasteiger partial charge in [0.15, 0.2) is 0 Å². The van der Waals surface area contributed by atoms with Gasteiger partial charge in [0.2, 0.25) is 0 Å². The predicted octanol–water partition coefficient (Wildman–Crippen LogP) is 0.837. The Morgan fingerprint density at radius 1 is 1.19 bits per heavy atom. The minimum absolute atomic E-state index is 0.446. The van der Waals surface area contributed by atoms with Crippen molar-refractivity contribution in [1.29, 1.82) is 0 Å². The molecule has 2 atom stereocenters. The van der Waals surface area contributed by atoms with E-state index >= 15 is 0 Å². The van der Waals surface area contributed by atoms with E-state index < -0.39 is 0 Å². The van der Waals surface area contributed by atoms with Crippen molar-refractivity contribution in [2.45, 2.75) is 50.4 Å². The van der Waals surface area contributed by atoms with E-state index in [2.05, 4.69) is 14.5 Å². The van der Waals surface area contributed by atoms with E-state index in [4.69, 9.17) is 5.73 Å². The Bertz CT molecular complexity index is 321. The van der Waals surface area contributed by atoms with Crippen LogP contribution in [-0.2, 0) is 6.54 Å². The molecule has 1 aromatic rings. The highest BCUT2D eigenvalue weighted by Crippen LogP contribution is 2.34. The summed E-state index contributed by atoms with van der Waals surface area (Å²) in [5.41, 5.74) is 6.07. The second-order valence-electron chi connectivity index (χ2n) is 5.15. The van der Waals surface area contributed by atoms with Crippen molar-refractivity contribution in [1.82, 2.24) is 14.5 Å². The van der Waals surface area contributed by atoms with Crippen molar-refractivity contribution >= 4 is 0 Å². The van der Waals surface area contributed by atoms with Gasteiger partial charge in [0.25, 0.3) is 0 Å². The summed E-state index contributed by atoms with van der Waals surface area (Å²) < 4.78 is 2.16. The number of imidazole rings is 1. The molecule has 2 unspecified atom stereocenters. The Labute approximate surface area is 96.4 Å². The Morgan fingerprint density at radius 2 is 1.94 bits per heavy atom. The highest BCUT2D eigenvalue weighted by atomic mass is 15.2. The van der Waals surface area contributed by atoms with Gasteiger partial charge in [-0.2, -0.15) is 0 Å². The number of fused-ring (bicyclic) bond motifs is 2. The van der Waals surface area contributed by atoms with E-state index in [-0.39, 0.29) is 0 Å². The van der Waals surface area contributed by atoms with Crippen LogP contribution in [0.5, 0.6) is 0 Å². The third-order valence-electron chi connectivity index (χ3n) is 4.10. The number of piperidine rings is 1. The molecule has 2 aliphatic rings. The van der Waals surface area contributed by atoms with E-state index in [0.29, 0.717) is 6.04 Å². The van der Waals surface area contributed by atoms with Crippen molar-refractivity contribution in [2.75, 3.05) is 6.54 Å². The highest BCUT2D eigenvalue weighted by Gasteiger charge is 2.38. The molecule has 4 heteroatoms. The minimum atomic E-state index is 0.446. The molecule has 0 spiro atoms. The van der Waals surface area contributed by atoms with Crippen LogP contribution in [0.4, 0.5) is 0 Å². The second kappa shape index (κ2) is 4.18. The number of rotatable bonds is 3. The van der Waals surface area contributed by atoms with Crippen molar-refractivity contribution < 1.29 is 0 Å². The minimum Gasteiger partial charge on any atom is -0.336 e. The summed E-state index contributed by atoms with van der Waals surface area (Å²) in [7, 11) is 0.